The van der Waals surface area contributed by atoms with E-state index in [1.807, 2.05) is 13.8 Å². The molecule has 1 heterocycles. The number of rotatable bonds is 8. The van der Waals surface area contributed by atoms with E-state index in [-0.39, 0.29) is 5.91 Å². The highest BCUT2D eigenvalue weighted by Gasteiger charge is 2.17. The van der Waals surface area contributed by atoms with Crippen molar-refractivity contribution in [3.05, 3.63) is 59.4 Å². The fourth-order valence-electron chi connectivity index (χ4n) is 2.76. The van der Waals surface area contributed by atoms with Gasteiger partial charge >= 0.3 is 0 Å². The molecule has 0 aliphatic carbocycles. The Hall–Kier alpha value is -2.36. The SMILES string of the molecule is C=CCOc1ccc(C(=O)n2nc(C)c(CCCCC)c2C)cc1. The van der Waals surface area contributed by atoms with Crippen LogP contribution in [0.1, 0.15) is 53.5 Å². The van der Waals surface area contributed by atoms with Crippen LogP contribution in [-0.2, 0) is 6.42 Å². The van der Waals surface area contributed by atoms with Gasteiger partial charge < -0.3 is 4.74 Å². The van der Waals surface area contributed by atoms with Gasteiger partial charge in [-0.25, -0.2) is 4.68 Å². The summed E-state index contributed by atoms with van der Waals surface area (Å²) in [6.45, 7) is 10.2. The summed E-state index contributed by atoms with van der Waals surface area (Å²) in [6, 6.07) is 7.14. The molecule has 2 aromatic rings. The number of ether oxygens (including phenoxy) is 1. The van der Waals surface area contributed by atoms with Gasteiger partial charge in [0, 0.05) is 11.3 Å². The number of carbonyl (C=O) groups is 1. The standard InChI is InChI=1S/C20H26N2O2/c1-5-7-8-9-19-15(3)21-22(16(19)4)20(23)17-10-12-18(13-11-17)24-14-6-2/h6,10-13H,2,5,7-9,14H2,1,3-4H3. The number of benzene rings is 1. The van der Waals surface area contributed by atoms with Crippen LogP contribution in [0, 0.1) is 13.8 Å². The zero-order valence-corrected chi connectivity index (χ0v) is 14.8. The number of aryl methyl sites for hydroxylation is 1. The van der Waals surface area contributed by atoms with Crippen LogP contribution >= 0.6 is 0 Å². The quantitative estimate of drug-likeness (QED) is 0.530. The van der Waals surface area contributed by atoms with Gasteiger partial charge in [0.1, 0.15) is 12.4 Å². The summed E-state index contributed by atoms with van der Waals surface area (Å²) in [5.74, 6) is 0.618. The minimum absolute atomic E-state index is 0.104. The summed E-state index contributed by atoms with van der Waals surface area (Å²) in [6.07, 6.45) is 6.19. The second-order valence-corrected chi connectivity index (χ2v) is 5.95. The summed E-state index contributed by atoms with van der Waals surface area (Å²) >= 11 is 0. The van der Waals surface area contributed by atoms with Crippen LogP contribution in [0.15, 0.2) is 36.9 Å². The molecule has 0 bridgehead atoms. The van der Waals surface area contributed by atoms with Crippen LogP contribution in [0.5, 0.6) is 5.75 Å². The Morgan fingerprint density at radius 1 is 1.25 bits per heavy atom. The van der Waals surface area contributed by atoms with Gasteiger partial charge in [-0.2, -0.15) is 5.10 Å². The highest BCUT2D eigenvalue weighted by Crippen LogP contribution is 2.19. The lowest BCUT2D eigenvalue weighted by molar-refractivity contribution is 0.0942. The topological polar surface area (TPSA) is 44.1 Å². The molecule has 0 fully saturated rings. The van der Waals surface area contributed by atoms with E-state index in [1.54, 1.807) is 30.3 Å². The summed E-state index contributed by atoms with van der Waals surface area (Å²) in [7, 11) is 0. The van der Waals surface area contributed by atoms with Crippen LogP contribution in [0.2, 0.25) is 0 Å². The van der Waals surface area contributed by atoms with Crippen molar-refractivity contribution >= 4 is 5.91 Å². The molecular weight excluding hydrogens is 300 g/mol. The Balaban J connectivity index is 2.17. The first-order valence-corrected chi connectivity index (χ1v) is 8.52. The fourth-order valence-corrected chi connectivity index (χ4v) is 2.76. The van der Waals surface area contributed by atoms with Gasteiger partial charge in [0.05, 0.1) is 5.69 Å². The number of aromatic nitrogens is 2. The van der Waals surface area contributed by atoms with Gasteiger partial charge in [0.25, 0.3) is 5.91 Å². The highest BCUT2D eigenvalue weighted by atomic mass is 16.5. The predicted octanol–water partition coefficient (Wildman–Crippen LogP) is 4.49. The third-order valence-electron chi connectivity index (χ3n) is 4.13. The van der Waals surface area contributed by atoms with E-state index in [9.17, 15) is 4.79 Å². The summed E-state index contributed by atoms with van der Waals surface area (Å²) < 4.78 is 6.97. The first kappa shape index (κ1) is 18.0. The molecule has 0 spiro atoms. The Kier molecular flexibility index (Phi) is 6.36. The van der Waals surface area contributed by atoms with E-state index in [0.29, 0.717) is 12.2 Å². The minimum atomic E-state index is -0.104. The summed E-state index contributed by atoms with van der Waals surface area (Å²) in [4.78, 5) is 12.7. The van der Waals surface area contributed by atoms with Crippen molar-refractivity contribution in [3.63, 3.8) is 0 Å². The van der Waals surface area contributed by atoms with Crippen molar-refractivity contribution in [1.29, 1.82) is 0 Å². The molecule has 0 atom stereocenters. The molecule has 0 amide bonds. The van der Waals surface area contributed by atoms with Crippen molar-refractivity contribution in [1.82, 2.24) is 9.78 Å². The molecule has 0 unspecified atom stereocenters. The maximum atomic E-state index is 12.7. The number of hydrogen-bond acceptors (Lipinski definition) is 3. The average molecular weight is 326 g/mol. The largest absolute Gasteiger partial charge is 0.490 e. The number of nitrogens with zero attached hydrogens (tertiary/aromatic N) is 2. The maximum absolute atomic E-state index is 12.7. The van der Waals surface area contributed by atoms with Crippen LogP contribution < -0.4 is 4.74 Å². The first-order chi connectivity index (χ1) is 11.6. The molecular formula is C20H26N2O2. The normalized spacial score (nSPS) is 10.6. The lowest BCUT2D eigenvalue weighted by atomic mass is 10.1. The molecule has 128 valence electrons. The molecule has 1 aromatic carbocycles. The molecule has 1 aromatic heterocycles. The van der Waals surface area contributed by atoms with E-state index < -0.39 is 0 Å². The molecule has 0 N–H and O–H groups in total. The zero-order chi connectivity index (χ0) is 17.5. The fraction of sp³-hybridized carbons (Fsp3) is 0.400. The molecule has 0 aliphatic heterocycles. The van der Waals surface area contributed by atoms with Gasteiger partial charge in [-0.05, 0) is 56.5 Å². The summed E-state index contributed by atoms with van der Waals surface area (Å²) in [5.41, 5.74) is 3.69. The Bertz CT molecular complexity index is 699. The van der Waals surface area contributed by atoms with Crippen molar-refractivity contribution in [2.24, 2.45) is 0 Å². The van der Waals surface area contributed by atoms with Crippen molar-refractivity contribution in [2.45, 2.75) is 46.5 Å². The van der Waals surface area contributed by atoms with E-state index in [1.165, 1.54) is 23.1 Å². The van der Waals surface area contributed by atoms with E-state index >= 15 is 0 Å². The predicted molar refractivity (Wildman–Crippen MR) is 96.8 cm³/mol. The Morgan fingerprint density at radius 3 is 2.58 bits per heavy atom. The number of hydrogen-bond donors (Lipinski definition) is 0. The highest BCUT2D eigenvalue weighted by molar-refractivity contribution is 5.96. The molecule has 2 rings (SSSR count). The maximum Gasteiger partial charge on any atom is 0.278 e. The van der Waals surface area contributed by atoms with Gasteiger partial charge in [-0.1, -0.05) is 32.4 Å². The second-order valence-electron chi connectivity index (χ2n) is 5.95. The van der Waals surface area contributed by atoms with Crippen molar-refractivity contribution in [3.8, 4) is 5.75 Å². The minimum Gasteiger partial charge on any atom is -0.490 e. The van der Waals surface area contributed by atoms with Crippen LogP contribution in [-0.4, -0.2) is 22.3 Å². The van der Waals surface area contributed by atoms with Gasteiger partial charge in [-0.3, -0.25) is 4.79 Å². The molecule has 4 nitrogen and oxygen atoms in total. The van der Waals surface area contributed by atoms with Gasteiger partial charge in [0.15, 0.2) is 0 Å². The lowest BCUT2D eigenvalue weighted by Gasteiger charge is -2.06. The Labute approximate surface area is 144 Å². The monoisotopic (exact) mass is 326 g/mol. The third kappa shape index (κ3) is 4.13. The van der Waals surface area contributed by atoms with Gasteiger partial charge in [-0.15, -0.1) is 0 Å². The zero-order valence-electron chi connectivity index (χ0n) is 14.8. The number of unbranched alkanes of at least 4 members (excludes halogenated alkanes) is 2. The molecule has 0 radical (unpaired) electrons. The molecule has 0 saturated heterocycles. The first-order valence-electron chi connectivity index (χ1n) is 8.52. The lowest BCUT2D eigenvalue weighted by Crippen LogP contribution is -2.15. The Morgan fingerprint density at radius 2 is 1.96 bits per heavy atom. The summed E-state index contributed by atoms with van der Waals surface area (Å²) in [5, 5.41) is 4.46. The molecule has 0 aliphatic rings. The molecule has 24 heavy (non-hydrogen) atoms. The number of carbonyl (C=O) groups excluding carboxylic acids is 1. The van der Waals surface area contributed by atoms with Crippen LogP contribution in [0.25, 0.3) is 0 Å². The third-order valence-corrected chi connectivity index (χ3v) is 4.13. The van der Waals surface area contributed by atoms with Crippen LogP contribution in [0.3, 0.4) is 0 Å². The molecule has 0 saturated carbocycles. The van der Waals surface area contributed by atoms with Crippen molar-refractivity contribution < 1.29 is 9.53 Å². The average Bonchev–Trinajstić information content (AvgIpc) is 2.88. The van der Waals surface area contributed by atoms with Crippen LogP contribution in [0.4, 0.5) is 0 Å². The van der Waals surface area contributed by atoms with E-state index in [0.717, 1.165) is 30.0 Å². The van der Waals surface area contributed by atoms with Crippen molar-refractivity contribution in [2.75, 3.05) is 6.61 Å². The van der Waals surface area contributed by atoms with E-state index in [4.69, 9.17) is 4.74 Å². The molecule has 4 heteroatoms. The van der Waals surface area contributed by atoms with Gasteiger partial charge in [0.2, 0.25) is 0 Å². The smallest absolute Gasteiger partial charge is 0.278 e. The second kappa shape index (κ2) is 8.48. The van der Waals surface area contributed by atoms with E-state index in [2.05, 4.69) is 18.6 Å².